The van der Waals surface area contributed by atoms with Crippen molar-refractivity contribution in [3.63, 3.8) is 0 Å². The first-order valence-electron chi connectivity index (χ1n) is 10.5. The summed E-state index contributed by atoms with van der Waals surface area (Å²) in [6.07, 6.45) is 7.46. The third-order valence-electron chi connectivity index (χ3n) is 5.50. The molecule has 1 aromatic carbocycles. The topological polar surface area (TPSA) is 37.4 Å². The van der Waals surface area contributed by atoms with Gasteiger partial charge < -0.3 is 0 Å². The van der Waals surface area contributed by atoms with Gasteiger partial charge in [0.15, 0.2) is 0 Å². The van der Waals surface area contributed by atoms with Gasteiger partial charge in [-0.15, -0.1) is 0 Å². The predicted octanol–water partition coefficient (Wildman–Crippen LogP) is 5.67. The first kappa shape index (κ1) is 22.0. The van der Waals surface area contributed by atoms with E-state index in [0.29, 0.717) is 11.1 Å². The molecular formula is C23H33NO2Sn. The van der Waals surface area contributed by atoms with Crippen molar-refractivity contribution < 1.29 is 9.59 Å². The van der Waals surface area contributed by atoms with E-state index in [4.69, 9.17) is 0 Å². The summed E-state index contributed by atoms with van der Waals surface area (Å²) in [4.78, 5) is 26.4. The normalized spacial score (nSPS) is 13.5. The molecule has 2 amide bonds. The van der Waals surface area contributed by atoms with Crippen molar-refractivity contribution in [3.05, 3.63) is 35.4 Å². The summed E-state index contributed by atoms with van der Waals surface area (Å²) in [5.41, 5.74) is 1.03. The number of hydrogen-bond donors (Lipinski definition) is 0. The summed E-state index contributed by atoms with van der Waals surface area (Å²) >= 11 is -2.53. The van der Waals surface area contributed by atoms with E-state index in [-0.39, 0.29) is 18.4 Å². The van der Waals surface area contributed by atoms with Crippen LogP contribution in [0.3, 0.4) is 0 Å². The summed E-state index contributed by atoms with van der Waals surface area (Å²) < 4.78 is 7.71. The van der Waals surface area contributed by atoms with Crippen LogP contribution in [-0.2, 0) is 0 Å². The van der Waals surface area contributed by atoms with E-state index in [9.17, 15) is 9.59 Å². The minimum absolute atomic E-state index is 0.193. The van der Waals surface area contributed by atoms with E-state index in [1.807, 2.05) is 0 Å². The van der Waals surface area contributed by atoms with Crippen molar-refractivity contribution in [1.82, 2.24) is 4.90 Å². The molecular weight excluding hydrogens is 441 g/mol. The van der Waals surface area contributed by atoms with Crippen LogP contribution in [0.2, 0.25) is 13.3 Å². The monoisotopic (exact) mass is 475 g/mol. The number of nitrogens with zero attached hydrogens (tertiary/aromatic N) is 1. The zero-order valence-electron chi connectivity index (χ0n) is 17.1. The van der Waals surface area contributed by atoms with Crippen molar-refractivity contribution in [2.45, 2.75) is 72.6 Å². The molecule has 1 heterocycles. The van der Waals surface area contributed by atoms with Gasteiger partial charge in [-0.25, -0.2) is 0 Å². The fourth-order valence-corrected chi connectivity index (χ4v) is 17.1. The molecule has 0 bridgehead atoms. The van der Waals surface area contributed by atoms with Crippen molar-refractivity contribution in [2.24, 2.45) is 0 Å². The second-order valence-electron chi connectivity index (χ2n) is 7.63. The van der Waals surface area contributed by atoms with Gasteiger partial charge in [0, 0.05) is 0 Å². The van der Waals surface area contributed by atoms with Gasteiger partial charge in [0.1, 0.15) is 0 Å². The zero-order valence-corrected chi connectivity index (χ0v) is 20.0. The van der Waals surface area contributed by atoms with Crippen LogP contribution in [0.15, 0.2) is 24.3 Å². The third-order valence-corrected chi connectivity index (χ3v) is 18.7. The van der Waals surface area contributed by atoms with Gasteiger partial charge in [-0.05, 0) is 0 Å². The fourth-order valence-electron chi connectivity index (χ4n) is 3.80. The van der Waals surface area contributed by atoms with Gasteiger partial charge in [0.2, 0.25) is 0 Å². The van der Waals surface area contributed by atoms with E-state index in [1.54, 1.807) is 24.3 Å². The molecule has 0 spiro atoms. The summed E-state index contributed by atoms with van der Waals surface area (Å²) in [5.74, 6) is 2.93. The maximum absolute atomic E-state index is 12.5. The molecule has 27 heavy (non-hydrogen) atoms. The Hall–Kier alpha value is -1.28. The average molecular weight is 474 g/mol. The molecule has 0 aliphatic carbocycles. The number of amides is 2. The van der Waals surface area contributed by atoms with E-state index < -0.39 is 18.4 Å². The third kappa shape index (κ3) is 5.60. The number of hydrogen-bond acceptors (Lipinski definition) is 2. The predicted molar refractivity (Wildman–Crippen MR) is 114 cm³/mol. The van der Waals surface area contributed by atoms with Crippen molar-refractivity contribution >= 4 is 30.2 Å². The molecule has 4 heteroatoms. The molecule has 0 N–H and O–H groups in total. The van der Waals surface area contributed by atoms with E-state index >= 15 is 0 Å². The molecule has 1 aliphatic heterocycles. The van der Waals surface area contributed by atoms with Crippen LogP contribution in [0.4, 0.5) is 0 Å². The first-order valence-corrected chi connectivity index (χ1v) is 18.0. The molecule has 1 aromatic rings. The molecule has 2 rings (SSSR count). The molecule has 0 unspecified atom stereocenters. The molecule has 0 radical (unpaired) electrons. The number of carbonyl (C=O) groups is 2. The fraction of sp³-hybridized carbons (Fsp3) is 0.565. The molecule has 0 saturated carbocycles. The van der Waals surface area contributed by atoms with Crippen LogP contribution < -0.4 is 0 Å². The van der Waals surface area contributed by atoms with Gasteiger partial charge in [0.25, 0.3) is 0 Å². The Morgan fingerprint density at radius 3 is 1.67 bits per heavy atom. The number of rotatable bonds is 10. The number of carbonyl (C=O) groups excluding carboxylic acids is 2. The van der Waals surface area contributed by atoms with E-state index in [2.05, 4.69) is 30.6 Å². The molecule has 0 fully saturated rings. The average Bonchev–Trinajstić information content (AvgIpc) is 2.94. The minimum atomic E-state index is -2.53. The Bertz CT molecular complexity index is 660. The molecule has 146 valence electrons. The Morgan fingerprint density at radius 1 is 0.815 bits per heavy atom. The molecule has 3 nitrogen and oxygen atoms in total. The molecule has 1 aliphatic rings. The van der Waals surface area contributed by atoms with Crippen LogP contribution in [0.5, 0.6) is 0 Å². The van der Waals surface area contributed by atoms with Gasteiger partial charge in [-0.1, -0.05) is 0 Å². The van der Waals surface area contributed by atoms with Crippen LogP contribution in [-0.4, -0.2) is 41.6 Å². The van der Waals surface area contributed by atoms with E-state index in [0.717, 1.165) is 0 Å². The number of imide groups is 1. The number of benzene rings is 1. The SMILES string of the molecule is CCC[CH2][Sn]([C]#CCN1C(=O)c2ccccc2C1=O)([CH2]CCC)[CH2]CCC. The van der Waals surface area contributed by atoms with Gasteiger partial charge >= 0.3 is 169 Å². The van der Waals surface area contributed by atoms with Crippen molar-refractivity contribution in [1.29, 1.82) is 0 Å². The second kappa shape index (κ2) is 10.9. The van der Waals surface area contributed by atoms with E-state index in [1.165, 1.54) is 56.7 Å². The molecule has 0 atom stereocenters. The van der Waals surface area contributed by atoms with Crippen LogP contribution in [0.1, 0.15) is 80.0 Å². The van der Waals surface area contributed by atoms with Crippen LogP contribution >= 0.6 is 0 Å². The zero-order chi connectivity index (χ0) is 19.7. The van der Waals surface area contributed by atoms with Gasteiger partial charge in [-0.3, -0.25) is 0 Å². The standard InChI is InChI=1S/C11H6NO2.3C4H9.Sn/c1-2-7-12-10(13)8-5-3-4-6-9(8)11(12)14;3*1-3-4-2;/h3-6H,7H2;3*1,3-4H2,2H3;. The van der Waals surface area contributed by atoms with Crippen LogP contribution in [0.25, 0.3) is 0 Å². The Labute approximate surface area is 168 Å². The summed E-state index contributed by atoms with van der Waals surface area (Å²) in [5, 5.41) is 0. The van der Waals surface area contributed by atoms with Crippen molar-refractivity contribution in [2.75, 3.05) is 6.54 Å². The summed E-state index contributed by atoms with van der Waals surface area (Å²) in [6.45, 7) is 7.00. The summed E-state index contributed by atoms with van der Waals surface area (Å²) in [6, 6.07) is 7.08. The number of fused-ring (bicyclic) bond motifs is 1. The van der Waals surface area contributed by atoms with Crippen LogP contribution in [0, 0.1) is 9.86 Å². The second-order valence-corrected chi connectivity index (χ2v) is 19.9. The Kier molecular flexibility index (Phi) is 8.89. The van der Waals surface area contributed by atoms with Crippen molar-refractivity contribution in [3.8, 4) is 9.86 Å². The van der Waals surface area contributed by atoms with Gasteiger partial charge in [-0.2, -0.15) is 0 Å². The molecule has 0 aromatic heterocycles. The number of unbranched alkanes of at least 4 members (excludes halogenated alkanes) is 3. The van der Waals surface area contributed by atoms with Gasteiger partial charge in [0.05, 0.1) is 0 Å². The maximum atomic E-state index is 12.5. The first-order chi connectivity index (χ1) is 13.1. The quantitative estimate of drug-likeness (QED) is 0.249. The Morgan fingerprint density at radius 2 is 1.26 bits per heavy atom. The summed E-state index contributed by atoms with van der Waals surface area (Å²) in [7, 11) is 0. The Balaban J connectivity index is 2.17. The molecule has 0 saturated heterocycles.